The molecular formula is C30H40FNO3. The van der Waals surface area contributed by atoms with E-state index in [0.717, 1.165) is 32.5 Å². The van der Waals surface area contributed by atoms with Crippen LogP contribution in [0.25, 0.3) is 0 Å². The van der Waals surface area contributed by atoms with Gasteiger partial charge in [-0.2, -0.15) is 0 Å². The van der Waals surface area contributed by atoms with Crippen LogP contribution >= 0.6 is 0 Å². The van der Waals surface area contributed by atoms with Crippen LogP contribution < -0.4 is 9.47 Å². The summed E-state index contributed by atoms with van der Waals surface area (Å²) in [5, 5.41) is 0. The number of benzene rings is 2. The van der Waals surface area contributed by atoms with Crippen molar-refractivity contribution in [1.82, 2.24) is 4.90 Å². The SMILES string of the molecule is COc1cc(C(C)=O)ccc1OCCCN1CCC(Cc2ccc(F)cc2C2CCCCC2)CC1. The topological polar surface area (TPSA) is 38.8 Å². The van der Waals surface area contributed by atoms with Crippen molar-refractivity contribution in [2.24, 2.45) is 5.92 Å². The van der Waals surface area contributed by atoms with Gasteiger partial charge in [-0.1, -0.05) is 25.3 Å². The second-order valence-corrected chi connectivity index (χ2v) is 10.3. The molecule has 0 unspecified atom stereocenters. The van der Waals surface area contributed by atoms with E-state index >= 15 is 0 Å². The van der Waals surface area contributed by atoms with E-state index in [4.69, 9.17) is 9.47 Å². The number of carbonyl (C=O) groups excluding carboxylic acids is 1. The second-order valence-electron chi connectivity index (χ2n) is 10.3. The Labute approximate surface area is 209 Å². The summed E-state index contributed by atoms with van der Waals surface area (Å²) in [5.41, 5.74) is 3.30. The van der Waals surface area contributed by atoms with E-state index in [1.54, 1.807) is 32.2 Å². The molecule has 190 valence electrons. The lowest BCUT2D eigenvalue weighted by molar-refractivity contribution is 0.101. The summed E-state index contributed by atoms with van der Waals surface area (Å²) >= 11 is 0. The molecule has 0 N–H and O–H groups in total. The average molecular weight is 482 g/mol. The molecule has 1 saturated heterocycles. The average Bonchev–Trinajstić information content (AvgIpc) is 2.89. The number of hydrogen-bond donors (Lipinski definition) is 0. The van der Waals surface area contributed by atoms with Crippen LogP contribution in [0, 0.1) is 11.7 Å². The first-order valence-electron chi connectivity index (χ1n) is 13.4. The molecule has 1 aliphatic heterocycles. The number of carbonyl (C=O) groups is 1. The number of methoxy groups -OCH3 is 1. The molecule has 0 aromatic heterocycles. The lowest BCUT2D eigenvalue weighted by Crippen LogP contribution is -2.35. The molecule has 4 rings (SSSR count). The molecule has 0 atom stereocenters. The number of halogens is 1. The minimum Gasteiger partial charge on any atom is -0.493 e. The quantitative estimate of drug-likeness (QED) is 0.276. The summed E-state index contributed by atoms with van der Waals surface area (Å²) < 4.78 is 25.4. The fourth-order valence-electron chi connectivity index (χ4n) is 5.75. The van der Waals surface area contributed by atoms with Gasteiger partial charge in [0.1, 0.15) is 5.82 Å². The molecular weight excluding hydrogens is 441 g/mol. The summed E-state index contributed by atoms with van der Waals surface area (Å²) in [6, 6.07) is 10.9. The third-order valence-electron chi connectivity index (χ3n) is 7.82. The molecule has 4 nitrogen and oxygen atoms in total. The molecule has 35 heavy (non-hydrogen) atoms. The molecule has 2 aliphatic rings. The Morgan fingerprint density at radius 1 is 1.00 bits per heavy atom. The van der Waals surface area contributed by atoms with Crippen LogP contribution in [0.5, 0.6) is 11.5 Å². The number of nitrogens with zero attached hydrogens (tertiary/aromatic N) is 1. The van der Waals surface area contributed by atoms with E-state index in [2.05, 4.69) is 11.0 Å². The Morgan fingerprint density at radius 2 is 1.77 bits per heavy atom. The third-order valence-corrected chi connectivity index (χ3v) is 7.82. The van der Waals surface area contributed by atoms with Crippen LogP contribution in [0.1, 0.15) is 85.7 Å². The number of Topliss-reactive ketones (excluding diaryl/α,β-unsaturated/α-hetero) is 1. The smallest absolute Gasteiger partial charge is 0.161 e. The highest BCUT2D eigenvalue weighted by Gasteiger charge is 2.23. The minimum absolute atomic E-state index is 0.0166. The number of ketones is 1. The van der Waals surface area contributed by atoms with Gasteiger partial charge in [0.2, 0.25) is 0 Å². The monoisotopic (exact) mass is 481 g/mol. The number of rotatable bonds is 10. The summed E-state index contributed by atoms with van der Waals surface area (Å²) in [4.78, 5) is 14.1. The predicted molar refractivity (Wildman–Crippen MR) is 138 cm³/mol. The van der Waals surface area contributed by atoms with Crippen LogP contribution in [-0.4, -0.2) is 44.0 Å². The third kappa shape index (κ3) is 7.07. The molecule has 2 aromatic rings. The van der Waals surface area contributed by atoms with Gasteiger partial charge >= 0.3 is 0 Å². The fraction of sp³-hybridized carbons (Fsp3) is 0.567. The van der Waals surface area contributed by atoms with Crippen molar-refractivity contribution in [3.63, 3.8) is 0 Å². The van der Waals surface area contributed by atoms with Crippen molar-refractivity contribution in [3.05, 3.63) is 58.9 Å². The summed E-state index contributed by atoms with van der Waals surface area (Å²) in [5.74, 6) is 2.45. The normalized spacial score (nSPS) is 17.9. The highest BCUT2D eigenvalue weighted by molar-refractivity contribution is 5.94. The molecule has 0 spiro atoms. The van der Waals surface area contributed by atoms with Gasteiger partial charge in [-0.15, -0.1) is 0 Å². The molecule has 1 aliphatic carbocycles. The summed E-state index contributed by atoms with van der Waals surface area (Å²) in [6.07, 6.45) is 10.7. The van der Waals surface area contributed by atoms with Crippen molar-refractivity contribution >= 4 is 5.78 Å². The second kappa shape index (κ2) is 12.5. The Morgan fingerprint density at radius 3 is 2.49 bits per heavy atom. The van der Waals surface area contributed by atoms with Crippen LogP contribution in [0.3, 0.4) is 0 Å². The Balaban J connectivity index is 1.21. The molecule has 0 radical (unpaired) electrons. The van der Waals surface area contributed by atoms with E-state index < -0.39 is 0 Å². The summed E-state index contributed by atoms with van der Waals surface area (Å²) in [6.45, 7) is 5.41. The number of piperidine rings is 1. The molecule has 0 amide bonds. The van der Waals surface area contributed by atoms with Crippen molar-refractivity contribution in [1.29, 1.82) is 0 Å². The molecule has 5 heteroatoms. The van der Waals surface area contributed by atoms with Crippen molar-refractivity contribution in [2.75, 3.05) is 33.4 Å². The van der Waals surface area contributed by atoms with E-state index in [1.807, 2.05) is 12.1 Å². The molecule has 2 fully saturated rings. The van der Waals surface area contributed by atoms with Crippen molar-refractivity contribution in [3.8, 4) is 11.5 Å². The lowest BCUT2D eigenvalue weighted by atomic mass is 9.79. The molecule has 1 saturated carbocycles. The first-order valence-corrected chi connectivity index (χ1v) is 13.4. The number of ether oxygens (including phenoxy) is 2. The van der Waals surface area contributed by atoms with Crippen LogP contribution in [0.15, 0.2) is 36.4 Å². The summed E-state index contributed by atoms with van der Waals surface area (Å²) in [7, 11) is 1.60. The van der Waals surface area contributed by atoms with Gasteiger partial charge in [-0.25, -0.2) is 4.39 Å². The van der Waals surface area contributed by atoms with E-state index in [1.165, 1.54) is 56.1 Å². The zero-order valence-electron chi connectivity index (χ0n) is 21.4. The standard InChI is InChI=1S/C30H40FNO3/c1-22(33)25-10-12-29(30(20-25)34-2)35-18-6-15-32-16-13-23(14-17-32)19-26-9-11-27(31)21-28(26)24-7-4-3-5-8-24/h9-12,20-21,23-24H,3-8,13-19H2,1-2H3. The predicted octanol–water partition coefficient (Wildman–Crippen LogP) is 6.81. The van der Waals surface area contributed by atoms with Gasteiger partial charge < -0.3 is 14.4 Å². The zero-order valence-corrected chi connectivity index (χ0v) is 21.4. The minimum atomic E-state index is -0.0845. The lowest BCUT2D eigenvalue weighted by Gasteiger charge is -2.33. The fourth-order valence-corrected chi connectivity index (χ4v) is 5.75. The molecule has 2 aromatic carbocycles. The van der Waals surface area contributed by atoms with Crippen LogP contribution in [-0.2, 0) is 6.42 Å². The Hall–Kier alpha value is -2.40. The van der Waals surface area contributed by atoms with E-state index in [0.29, 0.717) is 35.5 Å². The zero-order chi connectivity index (χ0) is 24.6. The maximum absolute atomic E-state index is 14.0. The number of likely N-dealkylation sites (tertiary alicyclic amines) is 1. The first-order chi connectivity index (χ1) is 17.0. The maximum atomic E-state index is 14.0. The highest BCUT2D eigenvalue weighted by atomic mass is 19.1. The number of hydrogen-bond acceptors (Lipinski definition) is 4. The van der Waals surface area contributed by atoms with Gasteiger partial charge in [-0.3, -0.25) is 4.79 Å². The Kier molecular flexibility index (Phi) is 9.19. The van der Waals surface area contributed by atoms with E-state index in [9.17, 15) is 9.18 Å². The first kappa shape index (κ1) is 25.7. The van der Waals surface area contributed by atoms with Gasteiger partial charge in [0.15, 0.2) is 17.3 Å². The van der Waals surface area contributed by atoms with Crippen LogP contribution in [0.2, 0.25) is 0 Å². The highest BCUT2D eigenvalue weighted by Crippen LogP contribution is 2.36. The van der Waals surface area contributed by atoms with Gasteiger partial charge in [0, 0.05) is 12.1 Å². The van der Waals surface area contributed by atoms with E-state index in [-0.39, 0.29) is 11.6 Å². The van der Waals surface area contributed by atoms with Gasteiger partial charge in [0.05, 0.1) is 13.7 Å². The molecule has 1 heterocycles. The van der Waals surface area contributed by atoms with Crippen molar-refractivity contribution in [2.45, 2.75) is 70.6 Å². The van der Waals surface area contributed by atoms with Crippen LogP contribution in [0.4, 0.5) is 4.39 Å². The van der Waals surface area contributed by atoms with Crippen molar-refractivity contribution < 1.29 is 18.7 Å². The Bertz CT molecular complexity index is 978. The molecule has 0 bridgehead atoms. The van der Waals surface area contributed by atoms with Gasteiger partial charge in [-0.05, 0) is 112 Å². The largest absolute Gasteiger partial charge is 0.493 e. The van der Waals surface area contributed by atoms with Gasteiger partial charge in [0.25, 0.3) is 0 Å². The maximum Gasteiger partial charge on any atom is 0.161 e.